The topological polar surface area (TPSA) is 83.7 Å². The van der Waals surface area contributed by atoms with Crippen LogP contribution >= 0.6 is 0 Å². The Bertz CT molecular complexity index is 1150. The second-order valence-electron chi connectivity index (χ2n) is 6.02. The van der Waals surface area contributed by atoms with E-state index in [9.17, 15) is 9.59 Å². The first kappa shape index (κ1) is 16.5. The molecule has 27 heavy (non-hydrogen) atoms. The number of rotatable bonds is 4. The monoisotopic (exact) mass is 357 g/mol. The minimum atomic E-state index is -0.972. The van der Waals surface area contributed by atoms with Gasteiger partial charge in [0.15, 0.2) is 0 Å². The summed E-state index contributed by atoms with van der Waals surface area (Å²) in [5.41, 5.74) is 3.47. The Morgan fingerprint density at radius 1 is 0.889 bits per heavy atom. The molecule has 0 aliphatic heterocycles. The fraction of sp³-hybridized carbons (Fsp3) is 0. The number of pyridine rings is 1. The zero-order chi connectivity index (χ0) is 18.8. The van der Waals surface area contributed by atoms with Gasteiger partial charge in [-0.25, -0.2) is 9.78 Å². The van der Waals surface area contributed by atoms with Crippen LogP contribution < -0.4 is 5.32 Å². The molecular weight excluding hydrogens is 342 g/mol. The van der Waals surface area contributed by atoms with Crippen molar-refractivity contribution < 1.29 is 14.7 Å². The van der Waals surface area contributed by atoms with Crippen LogP contribution in [0.4, 0.5) is 5.69 Å². The number of carboxylic acid groups (broad SMARTS) is 1. The molecule has 2 aromatic carbocycles. The van der Waals surface area contributed by atoms with Gasteiger partial charge in [-0.1, -0.05) is 30.3 Å². The summed E-state index contributed by atoms with van der Waals surface area (Å²) in [4.78, 5) is 27.9. The number of anilines is 1. The SMILES string of the molecule is O=C(O)c1cccc(-c2ccc3nc(C(=O)Nc4ccccc4)cn3c2)c1. The number of nitrogens with zero attached hydrogens (tertiary/aromatic N) is 2. The second-order valence-corrected chi connectivity index (χ2v) is 6.02. The van der Waals surface area contributed by atoms with Crippen molar-refractivity contribution in [3.63, 3.8) is 0 Å². The Balaban J connectivity index is 1.65. The molecule has 0 unspecified atom stereocenters. The molecule has 0 aliphatic carbocycles. The van der Waals surface area contributed by atoms with Crippen LogP contribution in [0, 0.1) is 0 Å². The Hall–Kier alpha value is -3.93. The molecule has 2 aromatic heterocycles. The highest BCUT2D eigenvalue weighted by Gasteiger charge is 2.12. The van der Waals surface area contributed by atoms with Gasteiger partial charge in [0.2, 0.25) is 0 Å². The van der Waals surface area contributed by atoms with Gasteiger partial charge in [0.05, 0.1) is 5.56 Å². The van der Waals surface area contributed by atoms with E-state index >= 15 is 0 Å². The van der Waals surface area contributed by atoms with Crippen molar-refractivity contribution in [1.82, 2.24) is 9.38 Å². The largest absolute Gasteiger partial charge is 0.478 e. The van der Waals surface area contributed by atoms with Gasteiger partial charge in [-0.2, -0.15) is 0 Å². The molecule has 0 atom stereocenters. The molecule has 6 nitrogen and oxygen atoms in total. The van der Waals surface area contributed by atoms with Crippen molar-refractivity contribution in [2.75, 3.05) is 5.32 Å². The maximum atomic E-state index is 12.4. The number of carboxylic acids is 1. The standard InChI is InChI=1S/C21H15N3O3/c25-20(22-17-7-2-1-3-8-17)18-13-24-12-16(9-10-19(24)23-18)14-5-4-6-15(11-14)21(26)27/h1-13H,(H,22,25)(H,26,27). The Kier molecular flexibility index (Phi) is 4.14. The van der Waals surface area contributed by atoms with Gasteiger partial charge in [0, 0.05) is 18.1 Å². The molecule has 6 heteroatoms. The molecule has 0 aliphatic rings. The fourth-order valence-corrected chi connectivity index (χ4v) is 2.82. The zero-order valence-corrected chi connectivity index (χ0v) is 14.2. The summed E-state index contributed by atoms with van der Waals surface area (Å²) in [5.74, 6) is -1.26. The van der Waals surface area contributed by atoms with Gasteiger partial charge in [-0.15, -0.1) is 0 Å². The summed E-state index contributed by atoms with van der Waals surface area (Å²) in [6, 6.07) is 19.5. The third kappa shape index (κ3) is 3.41. The van der Waals surface area contributed by atoms with Crippen molar-refractivity contribution in [3.05, 3.63) is 90.4 Å². The Morgan fingerprint density at radius 2 is 1.70 bits per heavy atom. The van der Waals surface area contributed by atoms with Gasteiger partial charge >= 0.3 is 5.97 Å². The highest BCUT2D eigenvalue weighted by atomic mass is 16.4. The minimum absolute atomic E-state index is 0.223. The summed E-state index contributed by atoms with van der Waals surface area (Å²) in [6.45, 7) is 0. The van der Waals surface area contributed by atoms with E-state index in [0.29, 0.717) is 17.0 Å². The predicted octanol–water partition coefficient (Wildman–Crippen LogP) is 3.95. The first-order valence-electron chi connectivity index (χ1n) is 8.29. The van der Waals surface area contributed by atoms with Crippen LogP contribution in [0.25, 0.3) is 16.8 Å². The molecule has 0 bridgehead atoms. The van der Waals surface area contributed by atoms with Crippen LogP contribution in [0.3, 0.4) is 0 Å². The number of carbonyl (C=O) groups excluding carboxylic acids is 1. The highest BCUT2D eigenvalue weighted by Crippen LogP contribution is 2.22. The Labute approximate surface area is 154 Å². The number of hydrogen-bond acceptors (Lipinski definition) is 3. The first-order chi connectivity index (χ1) is 13.1. The fourth-order valence-electron chi connectivity index (χ4n) is 2.82. The van der Waals surface area contributed by atoms with Gasteiger partial charge in [0.25, 0.3) is 5.91 Å². The van der Waals surface area contributed by atoms with Gasteiger partial charge in [-0.3, -0.25) is 4.79 Å². The van der Waals surface area contributed by atoms with E-state index in [4.69, 9.17) is 5.11 Å². The van der Waals surface area contributed by atoms with Crippen LogP contribution in [0.2, 0.25) is 0 Å². The molecule has 0 fully saturated rings. The molecule has 0 saturated carbocycles. The summed E-state index contributed by atoms with van der Waals surface area (Å²) < 4.78 is 1.75. The molecule has 0 saturated heterocycles. The molecule has 0 radical (unpaired) electrons. The third-order valence-electron chi connectivity index (χ3n) is 4.16. The van der Waals surface area contributed by atoms with Crippen molar-refractivity contribution in [2.45, 2.75) is 0 Å². The van der Waals surface area contributed by atoms with Crippen LogP contribution in [0.1, 0.15) is 20.8 Å². The predicted molar refractivity (Wildman–Crippen MR) is 102 cm³/mol. The van der Waals surface area contributed by atoms with Crippen molar-refractivity contribution in [3.8, 4) is 11.1 Å². The lowest BCUT2D eigenvalue weighted by Gasteiger charge is -2.04. The van der Waals surface area contributed by atoms with Gasteiger partial charge < -0.3 is 14.8 Å². The zero-order valence-electron chi connectivity index (χ0n) is 14.2. The maximum Gasteiger partial charge on any atom is 0.335 e. The molecule has 4 aromatic rings. The van der Waals surface area contributed by atoms with E-state index in [0.717, 1.165) is 11.1 Å². The van der Waals surface area contributed by atoms with Gasteiger partial charge in [-0.05, 0) is 47.5 Å². The lowest BCUT2D eigenvalue weighted by Crippen LogP contribution is -2.11. The molecule has 1 amide bonds. The number of amides is 1. The summed E-state index contributed by atoms with van der Waals surface area (Å²) in [6.07, 6.45) is 3.47. The molecule has 4 rings (SSSR count). The van der Waals surface area contributed by atoms with E-state index in [1.165, 1.54) is 0 Å². The minimum Gasteiger partial charge on any atom is -0.478 e. The number of aromatic carboxylic acids is 1. The van der Waals surface area contributed by atoms with E-state index in [-0.39, 0.29) is 11.5 Å². The highest BCUT2D eigenvalue weighted by molar-refractivity contribution is 6.03. The Morgan fingerprint density at radius 3 is 2.48 bits per heavy atom. The number of benzene rings is 2. The van der Waals surface area contributed by atoms with Crippen molar-refractivity contribution in [2.24, 2.45) is 0 Å². The number of carbonyl (C=O) groups is 2. The average Bonchev–Trinajstić information content (AvgIpc) is 3.12. The van der Waals surface area contributed by atoms with Crippen LogP contribution in [0.5, 0.6) is 0 Å². The molecule has 132 valence electrons. The number of nitrogens with one attached hydrogen (secondary N) is 1. The summed E-state index contributed by atoms with van der Waals surface area (Å²) in [7, 11) is 0. The van der Waals surface area contributed by atoms with Crippen molar-refractivity contribution in [1.29, 1.82) is 0 Å². The lowest BCUT2D eigenvalue weighted by molar-refractivity contribution is 0.0696. The number of fused-ring (bicyclic) bond motifs is 1. The van der Waals surface area contributed by atoms with Crippen LogP contribution in [-0.4, -0.2) is 26.4 Å². The number of aromatic nitrogens is 2. The number of imidazole rings is 1. The molecule has 2 heterocycles. The van der Waals surface area contributed by atoms with Crippen LogP contribution in [-0.2, 0) is 0 Å². The summed E-state index contributed by atoms with van der Waals surface area (Å²) >= 11 is 0. The normalized spacial score (nSPS) is 10.7. The van der Waals surface area contributed by atoms with Gasteiger partial charge in [0.1, 0.15) is 11.3 Å². The van der Waals surface area contributed by atoms with Crippen LogP contribution in [0.15, 0.2) is 79.1 Å². The molecular formula is C21H15N3O3. The number of hydrogen-bond donors (Lipinski definition) is 2. The molecule has 0 spiro atoms. The maximum absolute atomic E-state index is 12.4. The second kappa shape index (κ2) is 6.76. The van der Waals surface area contributed by atoms with E-state index in [1.807, 2.05) is 36.5 Å². The average molecular weight is 357 g/mol. The molecule has 2 N–H and O–H groups in total. The lowest BCUT2D eigenvalue weighted by atomic mass is 10.0. The van der Waals surface area contributed by atoms with E-state index in [2.05, 4.69) is 10.3 Å². The number of para-hydroxylation sites is 1. The van der Waals surface area contributed by atoms with E-state index < -0.39 is 5.97 Å². The first-order valence-corrected chi connectivity index (χ1v) is 8.29. The van der Waals surface area contributed by atoms with E-state index in [1.54, 1.807) is 47.0 Å². The summed E-state index contributed by atoms with van der Waals surface area (Å²) in [5, 5.41) is 12.0. The smallest absolute Gasteiger partial charge is 0.335 e. The third-order valence-corrected chi connectivity index (χ3v) is 4.16. The quantitative estimate of drug-likeness (QED) is 0.579. The van der Waals surface area contributed by atoms with Crippen molar-refractivity contribution >= 4 is 23.2 Å².